The normalized spacial score (nSPS) is 11.2. The van der Waals surface area contributed by atoms with Gasteiger partial charge in [-0.3, -0.25) is 0 Å². The first kappa shape index (κ1) is 10.8. The van der Waals surface area contributed by atoms with Gasteiger partial charge in [0, 0.05) is 10.9 Å². The predicted molar refractivity (Wildman–Crippen MR) is 63.5 cm³/mol. The molecule has 0 atom stereocenters. The maximum atomic E-state index is 6.12. The van der Waals surface area contributed by atoms with Crippen molar-refractivity contribution in [3.63, 3.8) is 0 Å². The zero-order valence-electron chi connectivity index (χ0n) is 8.31. The van der Waals surface area contributed by atoms with Crippen LogP contribution in [-0.4, -0.2) is 0 Å². The van der Waals surface area contributed by atoms with Gasteiger partial charge in [-0.15, -0.1) is 0 Å². The van der Waals surface area contributed by atoms with Crippen molar-refractivity contribution >= 4 is 34.2 Å². The third kappa shape index (κ3) is 1.63. The highest BCUT2D eigenvalue weighted by molar-refractivity contribution is 6.40. The number of hydrogen-bond acceptors (Lipinski definition) is 2. The molecule has 1 aromatic heterocycles. The van der Waals surface area contributed by atoms with Gasteiger partial charge in [-0.1, -0.05) is 30.1 Å². The van der Waals surface area contributed by atoms with Crippen molar-refractivity contribution in [2.45, 2.75) is 19.9 Å². The van der Waals surface area contributed by atoms with Gasteiger partial charge in [0.05, 0.1) is 16.6 Å². The first-order chi connectivity index (χ1) is 7.19. The number of hydrogen-bond donors (Lipinski definition) is 1. The first-order valence-corrected chi connectivity index (χ1v) is 5.53. The second-order valence-corrected chi connectivity index (χ2v) is 4.11. The molecular weight excluding hydrogens is 233 g/mol. The van der Waals surface area contributed by atoms with Gasteiger partial charge < -0.3 is 10.2 Å². The van der Waals surface area contributed by atoms with E-state index in [4.69, 9.17) is 33.4 Å². The van der Waals surface area contributed by atoms with E-state index in [1.165, 1.54) is 0 Å². The number of rotatable bonds is 2. The predicted octanol–water partition coefficient (Wildman–Crippen LogP) is 3.76. The highest BCUT2D eigenvalue weighted by Crippen LogP contribution is 2.36. The Morgan fingerprint density at radius 3 is 2.53 bits per heavy atom. The van der Waals surface area contributed by atoms with E-state index in [9.17, 15) is 0 Å². The molecule has 0 spiro atoms. The van der Waals surface area contributed by atoms with Crippen LogP contribution in [0.5, 0.6) is 0 Å². The summed E-state index contributed by atoms with van der Waals surface area (Å²) in [6, 6.07) is 3.51. The number of fused-ring (bicyclic) bond motifs is 1. The Morgan fingerprint density at radius 2 is 1.93 bits per heavy atom. The summed E-state index contributed by atoms with van der Waals surface area (Å²) in [7, 11) is 0. The van der Waals surface area contributed by atoms with Crippen LogP contribution in [0.2, 0.25) is 10.0 Å². The molecule has 15 heavy (non-hydrogen) atoms. The number of aryl methyl sites for hydroxylation is 1. The summed E-state index contributed by atoms with van der Waals surface area (Å²) in [5.41, 5.74) is 7.31. The largest absolute Gasteiger partial charge is 0.458 e. The molecule has 1 heterocycles. The van der Waals surface area contributed by atoms with Crippen molar-refractivity contribution in [3.8, 4) is 0 Å². The lowest BCUT2D eigenvalue weighted by Gasteiger charge is -1.97. The van der Waals surface area contributed by atoms with Crippen molar-refractivity contribution in [2.75, 3.05) is 0 Å². The van der Waals surface area contributed by atoms with Crippen LogP contribution in [0, 0.1) is 0 Å². The van der Waals surface area contributed by atoms with E-state index in [0.29, 0.717) is 22.2 Å². The minimum absolute atomic E-state index is 0.366. The van der Waals surface area contributed by atoms with Crippen molar-refractivity contribution < 1.29 is 4.42 Å². The fourth-order valence-electron chi connectivity index (χ4n) is 1.78. The molecule has 1 aromatic carbocycles. The lowest BCUT2D eigenvalue weighted by molar-refractivity contribution is 0.546. The van der Waals surface area contributed by atoms with Crippen LogP contribution in [0.4, 0.5) is 0 Å². The molecule has 0 aliphatic heterocycles. The molecule has 0 aliphatic rings. The maximum Gasteiger partial charge on any atom is 0.154 e. The minimum atomic E-state index is 0.366. The van der Waals surface area contributed by atoms with E-state index in [0.717, 1.165) is 23.1 Å². The fourth-order valence-corrected chi connectivity index (χ4v) is 2.24. The molecule has 2 rings (SSSR count). The Hall–Kier alpha value is -0.700. The average molecular weight is 244 g/mol. The summed E-state index contributed by atoms with van der Waals surface area (Å²) in [6.07, 6.45) is 0.833. The number of nitrogens with two attached hydrogens (primary N) is 1. The van der Waals surface area contributed by atoms with Crippen molar-refractivity contribution in [1.82, 2.24) is 0 Å². The summed E-state index contributed by atoms with van der Waals surface area (Å²) in [6.45, 7) is 2.41. The van der Waals surface area contributed by atoms with Crippen LogP contribution in [0.25, 0.3) is 11.0 Å². The Morgan fingerprint density at radius 1 is 1.27 bits per heavy atom. The number of benzene rings is 1. The second-order valence-electron chi connectivity index (χ2n) is 3.29. The van der Waals surface area contributed by atoms with Gasteiger partial charge >= 0.3 is 0 Å². The van der Waals surface area contributed by atoms with Crippen LogP contribution in [0.1, 0.15) is 18.2 Å². The molecule has 0 saturated carbocycles. The number of furan rings is 1. The molecule has 2 N–H and O–H groups in total. The first-order valence-electron chi connectivity index (χ1n) is 4.77. The van der Waals surface area contributed by atoms with Crippen LogP contribution < -0.4 is 5.73 Å². The molecular formula is C11H11Cl2NO. The van der Waals surface area contributed by atoms with E-state index in [-0.39, 0.29) is 0 Å². The lowest BCUT2D eigenvalue weighted by atomic mass is 10.1. The molecule has 2 aromatic rings. The van der Waals surface area contributed by atoms with Crippen molar-refractivity contribution in [3.05, 3.63) is 33.5 Å². The van der Waals surface area contributed by atoms with E-state index < -0.39 is 0 Å². The summed E-state index contributed by atoms with van der Waals surface area (Å²) >= 11 is 12.2. The monoisotopic (exact) mass is 243 g/mol. The molecule has 0 amide bonds. The maximum absolute atomic E-state index is 6.12. The summed E-state index contributed by atoms with van der Waals surface area (Å²) in [4.78, 5) is 0. The van der Waals surface area contributed by atoms with Gasteiger partial charge in [0.25, 0.3) is 0 Å². The smallest absolute Gasteiger partial charge is 0.154 e. The Kier molecular flexibility index (Phi) is 2.91. The minimum Gasteiger partial charge on any atom is -0.458 e. The van der Waals surface area contributed by atoms with Crippen molar-refractivity contribution in [2.24, 2.45) is 5.73 Å². The molecule has 0 saturated heterocycles. The van der Waals surface area contributed by atoms with Crippen LogP contribution in [-0.2, 0) is 13.0 Å². The van der Waals surface area contributed by atoms with E-state index in [1.54, 1.807) is 12.1 Å². The van der Waals surface area contributed by atoms with E-state index in [1.807, 2.05) is 6.92 Å². The van der Waals surface area contributed by atoms with Gasteiger partial charge in [-0.05, 0) is 18.6 Å². The zero-order valence-corrected chi connectivity index (χ0v) is 9.82. The molecule has 2 nitrogen and oxygen atoms in total. The van der Waals surface area contributed by atoms with E-state index in [2.05, 4.69) is 0 Å². The molecule has 0 bridgehead atoms. The Bertz CT molecular complexity index is 505. The highest BCUT2D eigenvalue weighted by Gasteiger charge is 2.16. The van der Waals surface area contributed by atoms with Crippen molar-refractivity contribution in [1.29, 1.82) is 0 Å². The quantitative estimate of drug-likeness (QED) is 0.873. The third-order valence-corrected chi connectivity index (χ3v) is 3.07. The number of halogens is 2. The Labute approximate surface area is 97.9 Å². The topological polar surface area (TPSA) is 39.2 Å². The average Bonchev–Trinajstić information content (AvgIpc) is 2.63. The molecule has 0 unspecified atom stereocenters. The standard InChI is InChI=1S/C11H11Cl2NO/c1-2-6-9(5-14)15-11-8(13)4-3-7(12)10(6)11/h3-4H,2,5,14H2,1H3. The van der Waals surface area contributed by atoms with Gasteiger partial charge in [-0.2, -0.15) is 0 Å². The van der Waals surface area contributed by atoms with Gasteiger partial charge in [0.15, 0.2) is 5.58 Å². The van der Waals surface area contributed by atoms with Crippen LogP contribution >= 0.6 is 23.2 Å². The lowest BCUT2D eigenvalue weighted by Crippen LogP contribution is -1.97. The highest BCUT2D eigenvalue weighted by atomic mass is 35.5. The molecule has 0 fully saturated rings. The summed E-state index contributed by atoms with van der Waals surface area (Å²) in [5, 5.41) is 2.13. The molecule has 80 valence electrons. The van der Waals surface area contributed by atoms with Crippen LogP contribution in [0.3, 0.4) is 0 Å². The third-order valence-electron chi connectivity index (χ3n) is 2.46. The van der Waals surface area contributed by atoms with Gasteiger partial charge in [0.2, 0.25) is 0 Å². The van der Waals surface area contributed by atoms with Crippen LogP contribution in [0.15, 0.2) is 16.5 Å². The molecule has 4 heteroatoms. The van der Waals surface area contributed by atoms with Gasteiger partial charge in [-0.25, -0.2) is 0 Å². The van der Waals surface area contributed by atoms with Gasteiger partial charge in [0.1, 0.15) is 5.76 Å². The molecule has 0 radical (unpaired) electrons. The SMILES string of the molecule is CCc1c(CN)oc2c(Cl)ccc(Cl)c12. The summed E-state index contributed by atoms with van der Waals surface area (Å²) in [5.74, 6) is 0.766. The zero-order chi connectivity index (χ0) is 11.0. The fraction of sp³-hybridized carbons (Fsp3) is 0.273. The van der Waals surface area contributed by atoms with E-state index >= 15 is 0 Å². The second kappa shape index (κ2) is 4.05. The Balaban J connectivity index is 2.87. The summed E-state index contributed by atoms with van der Waals surface area (Å²) < 4.78 is 5.61. The molecule has 0 aliphatic carbocycles.